The van der Waals surface area contributed by atoms with Gasteiger partial charge in [-0.1, -0.05) is 12.2 Å². The van der Waals surface area contributed by atoms with E-state index in [0.29, 0.717) is 34.7 Å². The van der Waals surface area contributed by atoms with E-state index in [9.17, 15) is 5.26 Å². The average molecular weight is 260 g/mol. The van der Waals surface area contributed by atoms with Gasteiger partial charge in [-0.3, -0.25) is 0 Å². The van der Waals surface area contributed by atoms with Crippen molar-refractivity contribution in [2.75, 3.05) is 18.9 Å². The van der Waals surface area contributed by atoms with Crippen LogP contribution in [0.15, 0.2) is 0 Å². The number of nitrogens with two attached hydrogens (primary N) is 1. The van der Waals surface area contributed by atoms with Gasteiger partial charge < -0.3 is 15.5 Å². The summed E-state index contributed by atoms with van der Waals surface area (Å²) in [7, 11) is 0. The van der Waals surface area contributed by atoms with E-state index in [1.165, 1.54) is 0 Å². The number of nitrogens with zero attached hydrogens (tertiary/aromatic N) is 2. The van der Waals surface area contributed by atoms with Gasteiger partial charge >= 0.3 is 0 Å². The predicted octanol–water partition coefficient (Wildman–Crippen LogP) is 2.64. The largest absolute Gasteiger partial charge is 0.394 e. The topological polar surface area (TPSA) is 79.2 Å². The van der Waals surface area contributed by atoms with Crippen molar-refractivity contribution in [3.8, 4) is 6.07 Å². The highest BCUT2D eigenvalue weighted by atomic mass is 32.1. The van der Waals surface area contributed by atoms with Crippen molar-refractivity contribution in [3.63, 3.8) is 0 Å². The lowest BCUT2D eigenvalue weighted by Gasteiger charge is -2.24. The van der Waals surface area contributed by atoms with E-state index in [4.69, 9.17) is 29.3 Å². The molecule has 1 aromatic rings. The van der Waals surface area contributed by atoms with Gasteiger partial charge in [0.15, 0.2) is 0 Å². The second-order valence-electron chi connectivity index (χ2n) is 4.12. The molecule has 0 saturated carbocycles. The van der Waals surface area contributed by atoms with E-state index in [1.54, 1.807) is 0 Å². The zero-order chi connectivity index (χ0) is 13.1. The zero-order valence-corrected chi connectivity index (χ0v) is 10.5. The van der Waals surface area contributed by atoms with E-state index >= 15 is 0 Å². The Morgan fingerprint density at radius 2 is 2.17 bits per heavy atom. The van der Waals surface area contributed by atoms with E-state index in [1.807, 2.05) is 0 Å². The maximum absolute atomic E-state index is 9.23. The van der Waals surface area contributed by atoms with Crippen molar-refractivity contribution >= 4 is 23.7 Å². The number of anilines is 1. The molecule has 0 aromatic carbocycles. The molecule has 3 N–H and O–H groups in total. The Bertz CT molecular complexity index is 602. The first kappa shape index (κ1) is 12.6. The highest BCUT2D eigenvalue weighted by Crippen LogP contribution is 2.39. The Hall–Kier alpha value is -1.89. The van der Waals surface area contributed by atoms with Crippen LogP contribution in [0, 0.1) is 22.5 Å². The number of nitriles is 1. The van der Waals surface area contributed by atoms with E-state index in [2.05, 4.69) is 15.9 Å². The van der Waals surface area contributed by atoms with Gasteiger partial charge in [0, 0.05) is 13.2 Å². The molecule has 1 saturated heterocycles. The van der Waals surface area contributed by atoms with E-state index < -0.39 is 0 Å². The molecule has 0 amide bonds. The predicted molar refractivity (Wildman–Crippen MR) is 69.8 cm³/mol. The third-order valence-electron chi connectivity index (χ3n) is 3.11. The molecule has 92 valence electrons. The third kappa shape index (κ3) is 2.08. The van der Waals surface area contributed by atoms with Crippen LogP contribution in [0.1, 0.15) is 29.9 Å². The number of H-pyrrole nitrogens is 1. The maximum Gasteiger partial charge on any atom is 0.230 e. The third-order valence-corrected chi connectivity index (χ3v) is 3.41. The van der Waals surface area contributed by atoms with Crippen molar-refractivity contribution in [2.45, 2.75) is 18.8 Å². The molecule has 1 aromatic heterocycles. The Morgan fingerprint density at radius 3 is 2.72 bits per heavy atom. The smallest absolute Gasteiger partial charge is 0.230 e. The van der Waals surface area contributed by atoms with Gasteiger partial charge in [-0.25, -0.2) is 4.85 Å². The summed E-state index contributed by atoms with van der Waals surface area (Å²) in [5.41, 5.74) is 7.18. The summed E-state index contributed by atoms with van der Waals surface area (Å²) in [5, 5.41) is 9.23. The first-order valence-electron chi connectivity index (χ1n) is 5.60. The zero-order valence-electron chi connectivity index (χ0n) is 9.69. The molecule has 0 spiro atoms. The van der Waals surface area contributed by atoms with E-state index in [0.717, 1.165) is 12.8 Å². The molecule has 6 heteroatoms. The van der Waals surface area contributed by atoms with Crippen LogP contribution in [-0.2, 0) is 4.74 Å². The summed E-state index contributed by atoms with van der Waals surface area (Å²) in [6, 6.07) is 2.09. The van der Waals surface area contributed by atoms with Crippen LogP contribution < -0.4 is 5.73 Å². The molecule has 1 aliphatic rings. The van der Waals surface area contributed by atoms with E-state index in [-0.39, 0.29) is 11.7 Å². The van der Waals surface area contributed by atoms with Crippen molar-refractivity contribution in [3.05, 3.63) is 27.2 Å². The number of aromatic nitrogens is 1. The molecule has 5 nitrogen and oxygen atoms in total. The number of pyridine rings is 1. The summed E-state index contributed by atoms with van der Waals surface area (Å²) < 4.78 is 5.61. The fourth-order valence-electron chi connectivity index (χ4n) is 2.24. The Labute approximate surface area is 110 Å². The number of rotatable bonds is 1. The first-order chi connectivity index (χ1) is 8.69. The number of nitrogens with one attached hydrogen (secondary N) is 1. The van der Waals surface area contributed by atoms with Crippen LogP contribution >= 0.6 is 12.2 Å². The Morgan fingerprint density at radius 1 is 1.50 bits per heavy atom. The fraction of sp³-hybridized carbons (Fsp3) is 0.417. The lowest BCUT2D eigenvalue weighted by atomic mass is 9.88. The van der Waals surface area contributed by atoms with Crippen LogP contribution in [0.2, 0.25) is 0 Å². The summed E-state index contributed by atoms with van der Waals surface area (Å²) in [5.74, 6) is 0.367. The summed E-state index contributed by atoms with van der Waals surface area (Å²) in [6.45, 7) is 8.51. The van der Waals surface area contributed by atoms with Gasteiger partial charge in [0.2, 0.25) is 5.69 Å². The van der Waals surface area contributed by atoms with Gasteiger partial charge in [0.1, 0.15) is 16.5 Å². The Balaban J connectivity index is 2.66. The number of nitrogen functional groups attached to an aromatic ring is 1. The Kier molecular flexibility index (Phi) is 3.61. The lowest BCUT2D eigenvalue weighted by Crippen LogP contribution is -2.16. The van der Waals surface area contributed by atoms with Crippen LogP contribution in [0.3, 0.4) is 0 Å². The quantitative estimate of drug-likeness (QED) is 0.601. The fourth-order valence-corrected chi connectivity index (χ4v) is 2.51. The first-order valence-corrected chi connectivity index (χ1v) is 6.00. The highest BCUT2D eigenvalue weighted by Gasteiger charge is 2.24. The second kappa shape index (κ2) is 5.18. The summed E-state index contributed by atoms with van der Waals surface area (Å²) in [4.78, 5) is 6.16. The van der Waals surface area contributed by atoms with Crippen molar-refractivity contribution in [1.29, 1.82) is 5.26 Å². The highest BCUT2D eigenvalue weighted by molar-refractivity contribution is 7.71. The molecule has 2 heterocycles. The molecule has 0 bridgehead atoms. The van der Waals surface area contributed by atoms with Gasteiger partial charge in [0.05, 0.1) is 12.1 Å². The minimum atomic E-state index is 0.121. The summed E-state index contributed by atoms with van der Waals surface area (Å²) >= 11 is 5.11. The monoisotopic (exact) mass is 260 g/mol. The van der Waals surface area contributed by atoms with Crippen LogP contribution in [-0.4, -0.2) is 18.2 Å². The minimum Gasteiger partial charge on any atom is -0.394 e. The van der Waals surface area contributed by atoms with Crippen LogP contribution in [0.5, 0.6) is 0 Å². The maximum atomic E-state index is 9.23. The van der Waals surface area contributed by atoms with Gasteiger partial charge in [0.25, 0.3) is 0 Å². The average Bonchev–Trinajstić information content (AvgIpc) is 2.39. The molecule has 0 unspecified atom stereocenters. The summed E-state index contributed by atoms with van der Waals surface area (Å²) in [6.07, 6.45) is 1.57. The minimum absolute atomic E-state index is 0.121. The SMILES string of the molecule is [C-]#[N+]c1c(N)[nH]c(=S)c(C#N)c1C1CCOCC1. The second-order valence-corrected chi connectivity index (χ2v) is 4.52. The van der Waals surface area contributed by atoms with Crippen molar-refractivity contribution in [2.24, 2.45) is 0 Å². The molecule has 0 atom stereocenters. The molecule has 1 aliphatic heterocycles. The van der Waals surface area contributed by atoms with Gasteiger partial charge in [-0.05, 0) is 24.3 Å². The lowest BCUT2D eigenvalue weighted by molar-refractivity contribution is 0.0854. The number of aromatic amines is 1. The number of hydrogen-bond donors (Lipinski definition) is 2. The van der Waals surface area contributed by atoms with Gasteiger partial charge in [-0.15, -0.1) is 0 Å². The molecule has 0 radical (unpaired) electrons. The molecule has 1 fully saturated rings. The molecule has 18 heavy (non-hydrogen) atoms. The molecule has 0 aliphatic carbocycles. The molecular weight excluding hydrogens is 248 g/mol. The normalized spacial score (nSPS) is 15.9. The number of hydrogen-bond acceptors (Lipinski definition) is 4. The van der Waals surface area contributed by atoms with Gasteiger partial charge in [-0.2, -0.15) is 5.26 Å². The van der Waals surface area contributed by atoms with Crippen LogP contribution in [0.25, 0.3) is 4.85 Å². The van der Waals surface area contributed by atoms with Crippen molar-refractivity contribution < 1.29 is 4.74 Å². The standard InChI is InChI=1S/C12H12N4OS/c1-15-10-9(7-2-4-17-5-3-7)8(6-13)12(18)16-11(10)14/h7H,2-5H2,(H3,14,16,18). The molecular formula is C12H12N4OS. The van der Waals surface area contributed by atoms with Crippen LogP contribution in [0.4, 0.5) is 11.5 Å². The molecule has 2 rings (SSSR count). The van der Waals surface area contributed by atoms with Crippen molar-refractivity contribution in [1.82, 2.24) is 4.98 Å². The number of ether oxygens (including phenoxy) is 1.